The number of carboxylic acid groups (broad SMARTS) is 1. The fraction of sp³-hybridized carbons (Fsp3) is 0.931. The minimum atomic E-state index is -3.22. The molecule has 0 aromatic carbocycles. The smallest absolute Gasteiger partial charge is 0.364 e. The average molecular weight is 796 g/mol. The van der Waals surface area contributed by atoms with Crippen LogP contribution in [0.5, 0.6) is 0 Å². The number of carbonyl (C=O) groups excluding carboxylic acids is 1. The van der Waals surface area contributed by atoms with Crippen LogP contribution in [0.1, 0.15) is 13.3 Å². The molecule has 1 unspecified atom stereocenters. The molecule has 1 amide bonds. The van der Waals surface area contributed by atoms with Crippen molar-refractivity contribution in [3.8, 4) is 0 Å². The molecule has 16 N–H and O–H groups in total. The van der Waals surface area contributed by atoms with E-state index in [2.05, 4.69) is 5.32 Å². The molecule has 54 heavy (non-hydrogen) atoms. The summed E-state index contributed by atoms with van der Waals surface area (Å²) in [4.78, 5) is 25.0. The summed E-state index contributed by atoms with van der Waals surface area (Å²) in [5.41, 5.74) is 0. The summed E-state index contributed by atoms with van der Waals surface area (Å²) in [5.74, 6) is -6.10. The van der Waals surface area contributed by atoms with E-state index in [-0.39, 0.29) is 0 Å². The highest BCUT2D eigenvalue weighted by Crippen LogP contribution is 2.40. The number of aliphatic hydroxyl groups is 14. The average Bonchev–Trinajstić information content (AvgIpc) is 3.13. The Morgan fingerprint density at radius 3 is 1.85 bits per heavy atom. The molecule has 4 rings (SSSR count). The van der Waals surface area contributed by atoms with E-state index in [1.165, 1.54) is 0 Å². The third-order valence-electron chi connectivity index (χ3n) is 9.57. The van der Waals surface area contributed by atoms with Gasteiger partial charge in [-0.2, -0.15) is 0 Å². The Balaban J connectivity index is 1.79. The first-order chi connectivity index (χ1) is 25.4. The third kappa shape index (κ3) is 9.12. The largest absolute Gasteiger partial charge is 0.477 e. The van der Waals surface area contributed by atoms with Crippen LogP contribution in [-0.4, -0.2) is 243 Å². The van der Waals surface area contributed by atoms with E-state index in [0.717, 1.165) is 6.92 Å². The minimum Gasteiger partial charge on any atom is -0.477 e. The van der Waals surface area contributed by atoms with Gasteiger partial charge >= 0.3 is 5.97 Å². The lowest BCUT2D eigenvalue weighted by Crippen LogP contribution is -2.71. The number of ether oxygens (including phenoxy) is 7. The lowest BCUT2D eigenvalue weighted by Gasteiger charge is -2.52. The highest BCUT2D eigenvalue weighted by atomic mass is 16.8. The summed E-state index contributed by atoms with van der Waals surface area (Å²) < 4.78 is 39.2. The first-order valence-corrected chi connectivity index (χ1v) is 16.7. The molecule has 0 aliphatic carbocycles. The van der Waals surface area contributed by atoms with Crippen LogP contribution in [0.25, 0.3) is 0 Å². The van der Waals surface area contributed by atoms with Crippen molar-refractivity contribution in [3.05, 3.63) is 0 Å². The first-order valence-electron chi connectivity index (χ1n) is 16.7. The zero-order valence-corrected chi connectivity index (χ0v) is 28.5. The molecular weight excluding hydrogens is 746 g/mol. The van der Waals surface area contributed by atoms with Gasteiger partial charge in [-0.1, -0.05) is 0 Å². The molecule has 4 saturated heterocycles. The molecule has 0 spiro atoms. The summed E-state index contributed by atoms with van der Waals surface area (Å²) in [6.07, 6.45) is -39.4. The van der Waals surface area contributed by atoms with E-state index in [4.69, 9.17) is 33.2 Å². The van der Waals surface area contributed by atoms with Crippen molar-refractivity contribution >= 4 is 11.9 Å². The van der Waals surface area contributed by atoms with Crippen molar-refractivity contribution in [2.24, 2.45) is 0 Å². The molecule has 25 nitrogen and oxygen atoms in total. The van der Waals surface area contributed by atoms with Crippen LogP contribution in [0.3, 0.4) is 0 Å². The number of carboxylic acids is 1. The number of nitrogens with one attached hydrogen (secondary N) is 1. The first kappa shape index (κ1) is 44.8. The van der Waals surface area contributed by atoms with E-state index in [9.17, 15) is 86.2 Å². The number of amides is 1. The van der Waals surface area contributed by atoms with Gasteiger partial charge in [0, 0.05) is 13.3 Å². The summed E-state index contributed by atoms with van der Waals surface area (Å²) in [7, 11) is 0. The molecule has 0 bridgehead atoms. The number of hydrogen-bond acceptors (Lipinski definition) is 23. The summed E-state index contributed by atoms with van der Waals surface area (Å²) in [6.45, 7) is -3.11. The molecule has 25 heteroatoms. The van der Waals surface area contributed by atoms with Gasteiger partial charge in [-0.15, -0.1) is 0 Å². The van der Waals surface area contributed by atoms with Gasteiger partial charge in [0.1, 0.15) is 97.6 Å². The third-order valence-corrected chi connectivity index (χ3v) is 9.57. The number of carbonyl (C=O) groups is 2. The van der Waals surface area contributed by atoms with Crippen molar-refractivity contribution < 1.29 is 119 Å². The quantitative estimate of drug-likeness (QED) is 0.0776. The van der Waals surface area contributed by atoms with Gasteiger partial charge in [0.05, 0.1) is 32.5 Å². The second-order valence-electron chi connectivity index (χ2n) is 13.3. The summed E-state index contributed by atoms with van der Waals surface area (Å²) >= 11 is 0. The minimum absolute atomic E-state index is 0.799. The Morgan fingerprint density at radius 1 is 0.722 bits per heavy atom. The predicted molar refractivity (Wildman–Crippen MR) is 163 cm³/mol. The molecule has 4 fully saturated rings. The molecule has 0 saturated carbocycles. The molecule has 0 radical (unpaired) electrons. The van der Waals surface area contributed by atoms with Crippen molar-refractivity contribution in [2.45, 2.75) is 142 Å². The maximum atomic E-state index is 12.9. The molecule has 4 aliphatic rings. The fourth-order valence-electron chi connectivity index (χ4n) is 6.62. The summed E-state index contributed by atoms with van der Waals surface area (Å²) in [6, 6.07) is -1.67. The molecule has 314 valence electrons. The molecule has 4 aliphatic heterocycles. The molecular formula is C29H49NO24. The maximum absolute atomic E-state index is 12.9. The highest BCUT2D eigenvalue weighted by molar-refractivity contribution is 5.76. The van der Waals surface area contributed by atoms with E-state index in [0.29, 0.717) is 0 Å². The van der Waals surface area contributed by atoms with E-state index >= 15 is 0 Å². The molecule has 0 aromatic heterocycles. The topological polar surface area (TPSA) is 414 Å². The number of aliphatic carboxylic acids is 1. The van der Waals surface area contributed by atoms with Crippen LogP contribution in [0.4, 0.5) is 0 Å². The van der Waals surface area contributed by atoms with Crippen molar-refractivity contribution in [1.29, 1.82) is 0 Å². The predicted octanol–water partition coefficient (Wildman–Crippen LogP) is -10.4. The van der Waals surface area contributed by atoms with Gasteiger partial charge < -0.3 is 115 Å². The van der Waals surface area contributed by atoms with Crippen molar-refractivity contribution in [2.75, 3.05) is 26.4 Å². The SMILES string of the molecule is CC(=O)N[C@H]1[C@H](O[C@@H]2[C@H](O[C@]3(C(=O)O)C[C@H](O)[C@@H](O)[C@H]([C@H](O)[C@H](O)CO)O3)[C@@H](O)[C@H](O[C@H]3[C@H](O)[C@@H](O)C(O)O[C@@H]3CO)O[C@@H]2CO)O[C@H](CO)[C@H](O)[C@@H]1O. The van der Waals surface area contributed by atoms with Gasteiger partial charge in [0.15, 0.2) is 18.9 Å². The second-order valence-corrected chi connectivity index (χ2v) is 13.3. The van der Waals surface area contributed by atoms with Crippen LogP contribution in [0.2, 0.25) is 0 Å². The van der Waals surface area contributed by atoms with Gasteiger partial charge in [-0.3, -0.25) is 4.79 Å². The lowest BCUT2D eigenvalue weighted by atomic mass is 9.90. The Kier molecular flexibility index (Phi) is 15.4. The van der Waals surface area contributed by atoms with Gasteiger partial charge in [0.25, 0.3) is 5.79 Å². The number of hydrogen-bond donors (Lipinski definition) is 16. The monoisotopic (exact) mass is 795 g/mol. The molecule has 4 heterocycles. The normalized spacial score (nSPS) is 47.1. The Hall–Kier alpha value is -1.90. The van der Waals surface area contributed by atoms with Gasteiger partial charge in [-0.05, 0) is 0 Å². The van der Waals surface area contributed by atoms with E-state index in [1.807, 2.05) is 0 Å². The van der Waals surface area contributed by atoms with Crippen molar-refractivity contribution in [1.82, 2.24) is 5.32 Å². The zero-order chi connectivity index (χ0) is 40.4. The second kappa shape index (κ2) is 18.6. The highest BCUT2D eigenvalue weighted by Gasteiger charge is 2.61. The molecule has 21 atom stereocenters. The standard InChI is InChI=1S/C29H49NO24/c1-7(35)30-13-17(41)16(40)10(4-32)49-26(13)52-22-12(6-34)50-27(51-21-11(5-33)48-25(45)19(43)18(21)42)20(44)24(22)54-29(28(46)47)2-8(36)14(38)23(53-29)15(39)9(37)3-31/h8-27,31-34,36-45H,2-6H2,1H3,(H,30,35)(H,46,47)/t8-,9+,10+,11+,12+,13+,14+,15+,16-,17+,18+,19+,20+,21+,22-,23+,24+,25?,26-,27-,29-/m0/s1. The van der Waals surface area contributed by atoms with Crippen LogP contribution >= 0.6 is 0 Å². The van der Waals surface area contributed by atoms with Crippen LogP contribution in [0.15, 0.2) is 0 Å². The zero-order valence-electron chi connectivity index (χ0n) is 28.5. The Morgan fingerprint density at radius 2 is 1.30 bits per heavy atom. The van der Waals surface area contributed by atoms with Crippen LogP contribution in [-0.2, 0) is 42.7 Å². The van der Waals surface area contributed by atoms with Crippen molar-refractivity contribution in [3.63, 3.8) is 0 Å². The van der Waals surface area contributed by atoms with Gasteiger partial charge in [-0.25, -0.2) is 4.79 Å². The van der Waals surface area contributed by atoms with E-state index < -0.39 is 173 Å². The lowest BCUT2D eigenvalue weighted by molar-refractivity contribution is -0.403. The number of rotatable bonds is 14. The molecule has 0 aromatic rings. The summed E-state index contributed by atoms with van der Waals surface area (Å²) in [5, 5.41) is 158. The Labute approximate surface area is 305 Å². The number of aliphatic hydroxyl groups excluding tert-OH is 14. The van der Waals surface area contributed by atoms with E-state index in [1.54, 1.807) is 0 Å². The van der Waals surface area contributed by atoms with Crippen LogP contribution < -0.4 is 5.32 Å². The maximum Gasteiger partial charge on any atom is 0.364 e. The fourth-order valence-corrected chi connectivity index (χ4v) is 6.62. The Bertz CT molecular complexity index is 1230. The van der Waals surface area contributed by atoms with Crippen LogP contribution in [0, 0.1) is 0 Å². The van der Waals surface area contributed by atoms with Gasteiger partial charge in [0.2, 0.25) is 5.91 Å².